The molecule has 1 fully saturated rings. The van der Waals surface area contributed by atoms with Gasteiger partial charge in [-0.2, -0.15) is 0 Å². The number of carbonyl (C=O) groups excluding carboxylic acids is 3. The van der Waals surface area contributed by atoms with Crippen molar-refractivity contribution in [2.24, 2.45) is 0 Å². The smallest absolute Gasteiger partial charge is 0.246 e. The van der Waals surface area contributed by atoms with Gasteiger partial charge in [0.2, 0.25) is 17.7 Å². The highest BCUT2D eigenvalue weighted by molar-refractivity contribution is 5.93. The summed E-state index contributed by atoms with van der Waals surface area (Å²) in [5, 5.41) is 11.4. The predicted octanol–water partition coefficient (Wildman–Crippen LogP) is 1.59. The number of nitrogens with zero attached hydrogens (tertiary/aromatic N) is 2. The number of nitrogens with one attached hydrogen (secondary N) is 3. The van der Waals surface area contributed by atoms with Crippen molar-refractivity contribution in [3.8, 4) is 0 Å². The Kier molecular flexibility index (Phi) is 9.10. The molecule has 3 aromatic rings. The number of hydrogen-bond acceptors (Lipinski definition) is 5. The van der Waals surface area contributed by atoms with E-state index in [4.69, 9.17) is 0 Å². The van der Waals surface area contributed by atoms with Gasteiger partial charge < -0.3 is 25.8 Å². The zero-order valence-corrected chi connectivity index (χ0v) is 22.3. The van der Waals surface area contributed by atoms with E-state index in [0.29, 0.717) is 25.9 Å². The molecule has 38 heavy (non-hydrogen) atoms. The van der Waals surface area contributed by atoms with Crippen molar-refractivity contribution in [2.75, 3.05) is 40.8 Å². The average molecular weight is 516 g/mol. The van der Waals surface area contributed by atoms with Gasteiger partial charge in [0.1, 0.15) is 12.1 Å². The average Bonchev–Trinajstić information content (AvgIpc) is 2.97. The number of likely N-dealkylation sites (N-methyl/N-ethyl adjacent to an activating group) is 3. The van der Waals surface area contributed by atoms with Crippen molar-refractivity contribution in [1.82, 2.24) is 25.8 Å². The minimum Gasteiger partial charge on any atom is -0.357 e. The van der Waals surface area contributed by atoms with Crippen LogP contribution in [0.25, 0.3) is 10.8 Å². The fourth-order valence-electron chi connectivity index (χ4n) is 5.00. The molecule has 0 aliphatic carbocycles. The van der Waals surface area contributed by atoms with Crippen molar-refractivity contribution in [3.05, 3.63) is 83.9 Å². The Morgan fingerprint density at radius 2 is 1.53 bits per heavy atom. The lowest BCUT2D eigenvalue weighted by Gasteiger charge is -2.36. The molecule has 4 rings (SSSR count). The zero-order chi connectivity index (χ0) is 27.1. The number of fused-ring (bicyclic) bond motifs is 1. The molecule has 1 saturated heterocycles. The van der Waals surface area contributed by atoms with Crippen LogP contribution in [0.5, 0.6) is 0 Å². The van der Waals surface area contributed by atoms with Crippen molar-refractivity contribution in [2.45, 2.75) is 31.0 Å². The third-order valence-electron chi connectivity index (χ3n) is 7.32. The van der Waals surface area contributed by atoms with Crippen LogP contribution in [0.2, 0.25) is 0 Å². The Morgan fingerprint density at radius 1 is 0.842 bits per heavy atom. The third kappa shape index (κ3) is 6.38. The maximum absolute atomic E-state index is 14.1. The van der Waals surface area contributed by atoms with E-state index >= 15 is 0 Å². The number of carbonyl (C=O) groups is 3. The summed E-state index contributed by atoms with van der Waals surface area (Å²) in [4.78, 5) is 43.6. The summed E-state index contributed by atoms with van der Waals surface area (Å²) in [7, 11) is 4.90. The van der Waals surface area contributed by atoms with E-state index in [1.807, 2.05) is 66.7 Å². The standard InChI is InChI=1S/C30H37N5O3/c1-31-28(36)26(18-21-9-5-4-6-10-21)34(2)30(38)27(35(3)29(37)25-20-32-15-16-33-25)19-22-13-14-23-11-7-8-12-24(23)17-22/h4-14,17,25-27,32-33H,15-16,18-20H2,1-3H3,(H,31,36)/t25?,26-,27+/m1/s1. The lowest BCUT2D eigenvalue weighted by Crippen LogP contribution is -2.61. The molecule has 1 aliphatic heterocycles. The summed E-state index contributed by atoms with van der Waals surface area (Å²) in [5.41, 5.74) is 1.90. The van der Waals surface area contributed by atoms with E-state index in [1.165, 1.54) is 4.90 Å². The molecule has 3 aromatic carbocycles. The van der Waals surface area contributed by atoms with Crippen LogP contribution in [0.1, 0.15) is 11.1 Å². The summed E-state index contributed by atoms with van der Waals surface area (Å²) in [5.74, 6) is -0.673. The van der Waals surface area contributed by atoms with E-state index in [9.17, 15) is 14.4 Å². The molecule has 1 unspecified atom stereocenters. The first-order valence-electron chi connectivity index (χ1n) is 13.1. The molecule has 0 aromatic heterocycles. The molecule has 0 bridgehead atoms. The highest BCUT2D eigenvalue weighted by Gasteiger charge is 2.36. The fourth-order valence-corrected chi connectivity index (χ4v) is 5.00. The molecule has 3 amide bonds. The minimum absolute atomic E-state index is 0.149. The van der Waals surface area contributed by atoms with E-state index in [2.05, 4.69) is 22.0 Å². The lowest BCUT2D eigenvalue weighted by molar-refractivity contribution is -0.148. The second kappa shape index (κ2) is 12.7. The summed E-state index contributed by atoms with van der Waals surface area (Å²) in [6, 6.07) is 21.9. The Morgan fingerprint density at radius 3 is 2.21 bits per heavy atom. The summed E-state index contributed by atoms with van der Waals surface area (Å²) < 4.78 is 0. The Hall–Kier alpha value is -3.75. The summed E-state index contributed by atoms with van der Waals surface area (Å²) in [6.07, 6.45) is 0.708. The van der Waals surface area contributed by atoms with Gasteiger partial charge in [-0.05, 0) is 21.9 Å². The van der Waals surface area contributed by atoms with E-state index < -0.39 is 18.1 Å². The molecule has 0 saturated carbocycles. The second-order valence-electron chi connectivity index (χ2n) is 9.83. The second-order valence-corrected chi connectivity index (χ2v) is 9.83. The van der Waals surface area contributed by atoms with E-state index in [-0.39, 0.29) is 17.7 Å². The molecule has 3 N–H and O–H groups in total. The largest absolute Gasteiger partial charge is 0.357 e. The number of benzene rings is 3. The molecule has 200 valence electrons. The van der Waals surface area contributed by atoms with Crippen molar-refractivity contribution in [1.29, 1.82) is 0 Å². The SMILES string of the molecule is CNC(=O)[C@@H](Cc1ccccc1)N(C)C(=O)[C@H](Cc1ccc2ccccc2c1)N(C)C(=O)C1CNCCN1. The van der Waals surface area contributed by atoms with Gasteiger partial charge in [-0.15, -0.1) is 0 Å². The Balaban J connectivity index is 1.64. The quantitative estimate of drug-likeness (QED) is 0.403. The number of hydrogen-bond donors (Lipinski definition) is 3. The normalized spacial score (nSPS) is 16.9. The molecular weight excluding hydrogens is 478 g/mol. The summed E-state index contributed by atoms with van der Waals surface area (Å²) >= 11 is 0. The van der Waals surface area contributed by atoms with Crippen LogP contribution in [0, 0.1) is 0 Å². The van der Waals surface area contributed by atoms with Crippen LogP contribution in [0.15, 0.2) is 72.8 Å². The molecule has 0 spiro atoms. The molecule has 8 heteroatoms. The fraction of sp³-hybridized carbons (Fsp3) is 0.367. The first-order valence-corrected chi connectivity index (χ1v) is 13.1. The topological polar surface area (TPSA) is 93.8 Å². The zero-order valence-electron chi connectivity index (χ0n) is 22.3. The molecule has 8 nitrogen and oxygen atoms in total. The molecular formula is C30H37N5O3. The number of amides is 3. The van der Waals surface area contributed by atoms with Crippen molar-refractivity contribution >= 4 is 28.5 Å². The van der Waals surface area contributed by atoms with Gasteiger partial charge in [0.05, 0.1) is 6.04 Å². The number of rotatable bonds is 9. The monoisotopic (exact) mass is 515 g/mol. The highest BCUT2D eigenvalue weighted by Crippen LogP contribution is 2.20. The van der Waals surface area contributed by atoms with Crippen LogP contribution in [0.4, 0.5) is 0 Å². The Bertz CT molecular complexity index is 1260. The maximum Gasteiger partial charge on any atom is 0.246 e. The molecule has 0 radical (unpaired) electrons. The first-order chi connectivity index (χ1) is 18.4. The van der Waals surface area contributed by atoms with Gasteiger partial charge in [0.25, 0.3) is 0 Å². The highest BCUT2D eigenvalue weighted by atomic mass is 16.2. The van der Waals surface area contributed by atoms with Gasteiger partial charge in [0, 0.05) is 53.6 Å². The van der Waals surface area contributed by atoms with E-state index in [0.717, 1.165) is 28.4 Å². The Labute approximate surface area is 224 Å². The minimum atomic E-state index is -0.777. The maximum atomic E-state index is 14.1. The molecule has 3 atom stereocenters. The van der Waals surface area contributed by atoms with Crippen LogP contribution >= 0.6 is 0 Å². The van der Waals surface area contributed by atoms with Crippen LogP contribution in [-0.4, -0.2) is 86.4 Å². The van der Waals surface area contributed by atoms with Crippen molar-refractivity contribution < 1.29 is 14.4 Å². The number of piperazine rings is 1. The van der Waals surface area contributed by atoms with Crippen LogP contribution < -0.4 is 16.0 Å². The van der Waals surface area contributed by atoms with Crippen molar-refractivity contribution in [3.63, 3.8) is 0 Å². The van der Waals surface area contributed by atoms with E-state index in [1.54, 1.807) is 26.0 Å². The third-order valence-corrected chi connectivity index (χ3v) is 7.32. The predicted molar refractivity (Wildman–Crippen MR) is 150 cm³/mol. The first kappa shape index (κ1) is 27.3. The molecule has 1 aliphatic rings. The lowest BCUT2D eigenvalue weighted by atomic mass is 9.98. The molecule has 1 heterocycles. The van der Waals surface area contributed by atoms with Gasteiger partial charge in [-0.25, -0.2) is 0 Å². The van der Waals surface area contributed by atoms with Crippen LogP contribution in [-0.2, 0) is 27.2 Å². The summed E-state index contributed by atoms with van der Waals surface area (Å²) in [6.45, 7) is 1.98. The van der Waals surface area contributed by atoms with Gasteiger partial charge >= 0.3 is 0 Å². The van der Waals surface area contributed by atoms with Gasteiger partial charge in [0.15, 0.2) is 0 Å². The van der Waals surface area contributed by atoms with Crippen LogP contribution in [0.3, 0.4) is 0 Å². The van der Waals surface area contributed by atoms with Gasteiger partial charge in [-0.1, -0.05) is 72.8 Å². The van der Waals surface area contributed by atoms with Gasteiger partial charge in [-0.3, -0.25) is 14.4 Å².